The van der Waals surface area contributed by atoms with Crippen LogP contribution in [-0.2, 0) is 4.79 Å². The van der Waals surface area contributed by atoms with Crippen LogP contribution in [0.5, 0.6) is 5.75 Å². The lowest BCUT2D eigenvalue weighted by atomic mass is 10.1. The minimum Gasteiger partial charge on any atom is -0.494 e. The van der Waals surface area contributed by atoms with Gasteiger partial charge in [0.1, 0.15) is 11.3 Å². The standard InChI is InChI=1S/C16H16N2O2/c1-3-4-5-8-15(19)18-13-9-10-14(20-2)16-12(13)7-6-11-17-16/h3-11H,1-2H3,(H,18,19)/b4-3+,8-5+. The number of carbonyl (C=O) groups is 1. The molecular weight excluding hydrogens is 252 g/mol. The molecule has 4 nitrogen and oxygen atoms in total. The molecule has 0 aliphatic carbocycles. The van der Waals surface area contributed by atoms with Gasteiger partial charge in [0.05, 0.1) is 12.8 Å². The maximum absolute atomic E-state index is 11.8. The third kappa shape index (κ3) is 3.03. The Morgan fingerprint density at radius 1 is 1.30 bits per heavy atom. The number of allylic oxidation sites excluding steroid dienone is 3. The second-order valence-corrected chi connectivity index (χ2v) is 4.09. The number of pyridine rings is 1. The number of hydrogen-bond donors (Lipinski definition) is 1. The molecule has 102 valence electrons. The molecule has 1 amide bonds. The van der Waals surface area contributed by atoms with Crippen LogP contribution in [-0.4, -0.2) is 18.0 Å². The fraction of sp³-hybridized carbons (Fsp3) is 0.125. The van der Waals surface area contributed by atoms with Crippen LogP contribution in [0, 0.1) is 0 Å². The first-order valence-corrected chi connectivity index (χ1v) is 6.28. The van der Waals surface area contributed by atoms with Crippen molar-refractivity contribution in [2.45, 2.75) is 6.92 Å². The highest BCUT2D eigenvalue weighted by atomic mass is 16.5. The maximum atomic E-state index is 11.8. The molecule has 0 radical (unpaired) electrons. The Morgan fingerprint density at radius 2 is 2.15 bits per heavy atom. The minimum atomic E-state index is -0.182. The first kappa shape index (κ1) is 13.8. The number of ether oxygens (including phenoxy) is 1. The van der Waals surface area contributed by atoms with Crippen molar-refractivity contribution >= 4 is 22.5 Å². The van der Waals surface area contributed by atoms with Crippen LogP contribution < -0.4 is 10.1 Å². The number of methoxy groups -OCH3 is 1. The first-order chi connectivity index (χ1) is 9.76. The van der Waals surface area contributed by atoms with Gasteiger partial charge in [0.15, 0.2) is 0 Å². The smallest absolute Gasteiger partial charge is 0.248 e. The molecular formula is C16H16N2O2. The molecule has 2 rings (SSSR count). The Morgan fingerprint density at radius 3 is 2.90 bits per heavy atom. The van der Waals surface area contributed by atoms with Gasteiger partial charge in [0.25, 0.3) is 0 Å². The normalized spacial score (nSPS) is 11.3. The molecule has 0 aliphatic rings. The number of hydrogen-bond acceptors (Lipinski definition) is 3. The highest BCUT2D eigenvalue weighted by Crippen LogP contribution is 2.29. The van der Waals surface area contributed by atoms with E-state index in [0.29, 0.717) is 11.4 Å². The third-order valence-corrected chi connectivity index (χ3v) is 2.76. The number of rotatable bonds is 4. The van der Waals surface area contributed by atoms with E-state index in [9.17, 15) is 4.79 Å². The summed E-state index contributed by atoms with van der Waals surface area (Å²) >= 11 is 0. The molecule has 0 aliphatic heterocycles. The fourth-order valence-corrected chi connectivity index (χ4v) is 1.85. The monoisotopic (exact) mass is 268 g/mol. The molecule has 0 fully saturated rings. The largest absolute Gasteiger partial charge is 0.494 e. The van der Waals surface area contributed by atoms with E-state index in [0.717, 1.165) is 10.9 Å². The van der Waals surface area contributed by atoms with Gasteiger partial charge < -0.3 is 10.1 Å². The van der Waals surface area contributed by atoms with Gasteiger partial charge in [-0.1, -0.05) is 18.2 Å². The molecule has 1 aromatic carbocycles. The van der Waals surface area contributed by atoms with Crippen LogP contribution in [0.25, 0.3) is 10.9 Å². The van der Waals surface area contributed by atoms with Gasteiger partial charge >= 0.3 is 0 Å². The summed E-state index contributed by atoms with van der Waals surface area (Å²) in [5.41, 5.74) is 1.44. The van der Waals surface area contributed by atoms with Gasteiger partial charge in [-0.3, -0.25) is 9.78 Å². The molecule has 1 heterocycles. The lowest BCUT2D eigenvalue weighted by Gasteiger charge is -2.09. The van der Waals surface area contributed by atoms with E-state index in [2.05, 4.69) is 10.3 Å². The van der Waals surface area contributed by atoms with Crippen molar-refractivity contribution < 1.29 is 9.53 Å². The zero-order valence-corrected chi connectivity index (χ0v) is 11.5. The Hall–Kier alpha value is -2.62. The predicted molar refractivity (Wildman–Crippen MR) is 80.9 cm³/mol. The lowest BCUT2D eigenvalue weighted by molar-refractivity contribution is -0.111. The number of amides is 1. The summed E-state index contributed by atoms with van der Waals surface area (Å²) in [7, 11) is 1.60. The Labute approximate surface area is 117 Å². The average Bonchev–Trinajstić information content (AvgIpc) is 2.48. The Bertz CT molecular complexity index is 675. The van der Waals surface area contributed by atoms with Crippen molar-refractivity contribution in [3.8, 4) is 5.75 Å². The molecule has 0 atom stereocenters. The van der Waals surface area contributed by atoms with Gasteiger partial charge in [-0.05, 0) is 31.2 Å². The zero-order valence-electron chi connectivity index (χ0n) is 11.5. The number of carbonyl (C=O) groups excluding carboxylic acids is 1. The Kier molecular flexibility index (Phi) is 4.50. The summed E-state index contributed by atoms with van der Waals surface area (Å²) in [6.07, 6.45) is 8.53. The van der Waals surface area contributed by atoms with E-state index in [1.54, 1.807) is 31.5 Å². The first-order valence-electron chi connectivity index (χ1n) is 6.28. The topological polar surface area (TPSA) is 51.2 Å². The maximum Gasteiger partial charge on any atom is 0.248 e. The second kappa shape index (κ2) is 6.52. The lowest BCUT2D eigenvalue weighted by Crippen LogP contribution is -2.08. The molecule has 4 heteroatoms. The summed E-state index contributed by atoms with van der Waals surface area (Å²) < 4.78 is 5.27. The van der Waals surface area contributed by atoms with E-state index in [-0.39, 0.29) is 5.91 Å². The number of aromatic nitrogens is 1. The van der Waals surface area contributed by atoms with Crippen molar-refractivity contribution in [2.24, 2.45) is 0 Å². The SMILES string of the molecule is C/C=C/C=C/C(=O)Nc1ccc(OC)c2ncccc12. The molecule has 2 aromatic rings. The molecule has 0 bridgehead atoms. The van der Waals surface area contributed by atoms with Crippen LogP contribution >= 0.6 is 0 Å². The quantitative estimate of drug-likeness (QED) is 0.683. The van der Waals surface area contributed by atoms with Crippen LogP contribution in [0.4, 0.5) is 5.69 Å². The number of anilines is 1. The molecule has 1 N–H and O–H groups in total. The molecule has 20 heavy (non-hydrogen) atoms. The van der Waals surface area contributed by atoms with Gasteiger partial charge in [0.2, 0.25) is 5.91 Å². The van der Waals surface area contributed by atoms with E-state index in [4.69, 9.17) is 4.74 Å². The van der Waals surface area contributed by atoms with Gasteiger partial charge in [-0.15, -0.1) is 0 Å². The summed E-state index contributed by atoms with van der Waals surface area (Å²) in [6, 6.07) is 7.33. The van der Waals surface area contributed by atoms with Gasteiger partial charge in [-0.25, -0.2) is 0 Å². The number of fused-ring (bicyclic) bond motifs is 1. The van der Waals surface area contributed by atoms with E-state index in [1.165, 1.54) is 6.08 Å². The van der Waals surface area contributed by atoms with Crippen LogP contribution in [0.1, 0.15) is 6.92 Å². The van der Waals surface area contributed by atoms with Gasteiger partial charge in [-0.2, -0.15) is 0 Å². The van der Waals surface area contributed by atoms with E-state index < -0.39 is 0 Å². The molecule has 1 aromatic heterocycles. The van der Waals surface area contributed by atoms with Crippen LogP contribution in [0.2, 0.25) is 0 Å². The van der Waals surface area contributed by atoms with Gasteiger partial charge in [0, 0.05) is 17.7 Å². The van der Waals surface area contributed by atoms with Crippen molar-refractivity contribution in [1.29, 1.82) is 0 Å². The van der Waals surface area contributed by atoms with Crippen molar-refractivity contribution in [2.75, 3.05) is 12.4 Å². The fourth-order valence-electron chi connectivity index (χ4n) is 1.85. The third-order valence-electron chi connectivity index (χ3n) is 2.76. The molecule has 0 saturated carbocycles. The average molecular weight is 268 g/mol. The number of nitrogens with one attached hydrogen (secondary N) is 1. The van der Waals surface area contributed by atoms with Crippen molar-refractivity contribution in [3.63, 3.8) is 0 Å². The highest BCUT2D eigenvalue weighted by Gasteiger charge is 2.08. The summed E-state index contributed by atoms with van der Waals surface area (Å²) in [5, 5.41) is 3.69. The van der Waals surface area contributed by atoms with Crippen molar-refractivity contribution in [3.05, 3.63) is 54.8 Å². The van der Waals surface area contributed by atoms with E-state index in [1.807, 2.05) is 31.2 Å². The summed E-state index contributed by atoms with van der Waals surface area (Å²) in [4.78, 5) is 16.1. The molecule has 0 spiro atoms. The zero-order chi connectivity index (χ0) is 14.4. The minimum absolute atomic E-state index is 0.182. The highest BCUT2D eigenvalue weighted by molar-refractivity contribution is 6.06. The van der Waals surface area contributed by atoms with Crippen molar-refractivity contribution in [1.82, 2.24) is 4.98 Å². The second-order valence-electron chi connectivity index (χ2n) is 4.09. The number of benzene rings is 1. The molecule has 0 saturated heterocycles. The summed E-state index contributed by atoms with van der Waals surface area (Å²) in [6.45, 7) is 1.89. The molecule has 0 unspecified atom stereocenters. The van der Waals surface area contributed by atoms with E-state index >= 15 is 0 Å². The van der Waals surface area contributed by atoms with Crippen LogP contribution in [0.15, 0.2) is 54.8 Å². The summed E-state index contributed by atoms with van der Waals surface area (Å²) in [5.74, 6) is 0.501. The predicted octanol–water partition coefficient (Wildman–Crippen LogP) is 3.31. The number of nitrogens with zero attached hydrogens (tertiary/aromatic N) is 1. The Balaban J connectivity index is 2.34. The van der Waals surface area contributed by atoms with Crippen LogP contribution in [0.3, 0.4) is 0 Å².